The molecule has 0 saturated carbocycles. The van der Waals surface area contributed by atoms with Gasteiger partial charge in [-0.25, -0.2) is 8.37 Å². The maximum Gasteiger partial charge on any atom is 0.299 e. The predicted octanol–water partition coefficient (Wildman–Crippen LogP) is 4.06. The fraction of sp³-hybridized carbons (Fsp3) is 0.0476. The molecule has 0 N–H and O–H groups in total. The fourth-order valence-electron chi connectivity index (χ4n) is 3.10. The van der Waals surface area contributed by atoms with Crippen LogP contribution in [-0.4, -0.2) is 23.6 Å². The molecule has 8 heteroatoms. The van der Waals surface area contributed by atoms with E-state index in [0.717, 1.165) is 10.8 Å². The van der Waals surface area contributed by atoms with Crippen molar-refractivity contribution in [1.29, 1.82) is 0 Å². The van der Waals surface area contributed by atoms with Gasteiger partial charge in [0, 0.05) is 10.8 Å². The molecular weight excluding hydrogens is 412 g/mol. The van der Waals surface area contributed by atoms with Crippen LogP contribution in [0.1, 0.15) is 0 Å². The molecule has 4 aromatic rings. The van der Waals surface area contributed by atoms with Gasteiger partial charge in [-0.3, -0.25) is 0 Å². The molecule has 0 aromatic heterocycles. The number of benzene rings is 4. The Hall–Kier alpha value is -2.78. The summed E-state index contributed by atoms with van der Waals surface area (Å²) in [5.74, 6) is 0. The zero-order chi connectivity index (χ0) is 20.5. The van der Waals surface area contributed by atoms with E-state index in [0.29, 0.717) is 10.8 Å². The first-order valence-electron chi connectivity index (χ1n) is 8.63. The summed E-state index contributed by atoms with van der Waals surface area (Å²) in [6.45, 7) is -0.961. The SMILES string of the molecule is O=S(=O)(OCOS(=O)(=O)c1cccc2ccccc12)c1cccc2ccccc12. The molecule has 0 heterocycles. The van der Waals surface area contributed by atoms with Crippen molar-refractivity contribution in [2.75, 3.05) is 6.79 Å². The van der Waals surface area contributed by atoms with Crippen LogP contribution in [0.5, 0.6) is 0 Å². The highest BCUT2D eigenvalue weighted by Crippen LogP contribution is 2.26. The lowest BCUT2D eigenvalue weighted by molar-refractivity contribution is 0.132. The Morgan fingerprint density at radius 2 is 0.897 bits per heavy atom. The van der Waals surface area contributed by atoms with Crippen LogP contribution >= 0.6 is 0 Å². The minimum absolute atomic E-state index is 0.0539. The third-order valence-electron chi connectivity index (χ3n) is 4.44. The molecule has 0 fully saturated rings. The summed E-state index contributed by atoms with van der Waals surface area (Å²) in [7, 11) is -8.45. The first-order valence-corrected chi connectivity index (χ1v) is 11.4. The molecular formula is C21H16O6S2. The van der Waals surface area contributed by atoms with Crippen molar-refractivity contribution in [1.82, 2.24) is 0 Å². The van der Waals surface area contributed by atoms with Crippen molar-refractivity contribution < 1.29 is 25.2 Å². The first-order chi connectivity index (χ1) is 13.9. The quantitative estimate of drug-likeness (QED) is 0.340. The average Bonchev–Trinajstić information content (AvgIpc) is 2.72. The lowest BCUT2D eigenvalue weighted by atomic mass is 10.1. The van der Waals surface area contributed by atoms with E-state index in [4.69, 9.17) is 8.37 Å². The largest absolute Gasteiger partial charge is 0.299 e. The van der Waals surface area contributed by atoms with Gasteiger partial charge in [0.25, 0.3) is 20.2 Å². The van der Waals surface area contributed by atoms with Gasteiger partial charge >= 0.3 is 0 Å². The van der Waals surface area contributed by atoms with E-state index in [2.05, 4.69) is 0 Å². The van der Waals surface area contributed by atoms with Gasteiger partial charge in [-0.1, -0.05) is 72.8 Å². The Morgan fingerprint density at radius 1 is 0.517 bits per heavy atom. The van der Waals surface area contributed by atoms with Crippen LogP contribution in [0.3, 0.4) is 0 Å². The van der Waals surface area contributed by atoms with Gasteiger partial charge in [-0.05, 0) is 22.9 Å². The van der Waals surface area contributed by atoms with Crippen LogP contribution in [0, 0.1) is 0 Å². The zero-order valence-corrected chi connectivity index (χ0v) is 16.7. The smallest absolute Gasteiger partial charge is 0.236 e. The summed E-state index contributed by atoms with van der Waals surface area (Å²) in [6, 6.07) is 23.4. The van der Waals surface area contributed by atoms with E-state index in [1.54, 1.807) is 72.8 Å². The molecule has 0 amide bonds. The molecule has 0 aliphatic rings. The van der Waals surface area contributed by atoms with Crippen LogP contribution < -0.4 is 0 Å². The van der Waals surface area contributed by atoms with E-state index in [1.807, 2.05) is 0 Å². The highest BCUT2D eigenvalue weighted by Gasteiger charge is 2.22. The summed E-state index contributed by atoms with van der Waals surface area (Å²) in [5.41, 5.74) is 0. The second kappa shape index (κ2) is 7.57. The molecule has 0 radical (unpaired) electrons. The van der Waals surface area contributed by atoms with Crippen molar-refractivity contribution in [3.63, 3.8) is 0 Å². The normalized spacial score (nSPS) is 12.4. The van der Waals surface area contributed by atoms with E-state index in [1.165, 1.54) is 12.1 Å². The highest BCUT2D eigenvalue weighted by molar-refractivity contribution is 7.87. The molecule has 0 saturated heterocycles. The fourth-order valence-corrected chi connectivity index (χ4v) is 5.17. The number of hydrogen-bond donors (Lipinski definition) is 0. The highest BCUT2D eigenvalue weighted by atomic mass is 32.2. The van der Waals surface area contributed by atoms with Crippen LogP contribution in [0.2, 0.25) is 0 Å². The van der Waals surface area contributed by atoms with Crippen molar-refractivity contribution in [3.05, 3.63) is 84.9 Å². The average molecular weight is 428 g/mol. The third kappa shape index (κ3) is 3.88. The van der Waals surface area contributed by atoms with Crippen LogP contribution in [-0.2, 0) is 28.6 Å². The molecule has 0 aliphatic carbocycles. The van der Waals surface area contributed by atoms with Crippen LogP contribution in [0.4, 0.5) is 0 Å². The lowest BCUT2D eigenvalue weighted by Crippen LogP contribution is -2.14. The topological polar surface area (TPSA) is 86.7 Å². The molecule has 148 valence electrons. The molecule has 4 aromatic carbocycles. The Morgan fingerprint density at radius 3 is 1.34 bits per heavy atom. The van der Waals surface area contributed by atoms with Crippen molar-refractivity contribution in [3.8, 4) is 0 Å². The van der Waals surface area contributed by atoms with Gasteiger partial charge in [-0.2, -0.15) is 16.8 Å². The molecule has 4 rings (SSSR count). The van der Waals surface area contributed by atoms with Crippen LogP contribution in [0.25, 0.3) is 21.5 Å². The zero-order valence-electron chi connectivity index (χ0n) is 15.1. The van der Waals surface area contributed by atoms with E-state index >= 15 is 0 Å². The minimum Gasteiger partial charge on any atom is -0.236 e. The number of hydrogen-bond acceptors (Lipinski definition) is 6. The van der Waals surface area contributed by atoms with Gasteiger partial charge in [-0.15, -0.1) is 0 Å². The second-order valence-corrected chi connectivity index (χ2v) is 9.38. The summed E-state index contributed by atoms with van der Waals surface area (Å²) < 4.78 is 60.1. The monoisotopic (exact) mass is 428 g/mol. The summed E-state index contributed by atoms with van der Waals surface area (Å²) >= 11 is 0. The third-order valence-corrected chi connectivity index (χ3v) is 7.05. The van der Waals surface area contributed by atoms with Gasteiger partial charge < -0.3 is 0 Å². The number of rotatable bonds is 6. The minimum atomic E-state index is -4.22. The summed E-state index contributed by atoms with van der Waals surface area (Å²) in [6.07, 6.45) is 0. The van der Waals surface area contributed by atoms with Crippen molar-refractivity contribution in [2.45, 2.75) is 9.79 Å². The van der Waals surface area contributed by atoms with Gasteiger partial charge in [0.15, 0.2) is 6.79 Å². The first kappa shape index (κ1) is 19.5. The molecule has 0 aliphatic heterocycles. The van der Waals surface area contributed by atoms with Gasteiger partial charge in [0.1, 0.15) is 9.79 Å². The standard InChI is InChI=1S/C21H16O6S2/c22-28(23,20-13-5-9-16-7-1-3-11-18(16)20)26-15-27-29(24,25)21-14-6-10-17-8-2-4-12-19(17)21/h1-14H,15H2. The Bertz CT molecular complexity index is 1290. The number of fused-ring (bicyclic) bond motifs is 2. The Labute approximate surface area is 168 Å². The molecule has 6 nitrogen and oxygen atoms in total. The lowest BCUT2D eigenvalue weighted by Gasteiger charge is -2.10. The molecule has 0 bridgehead atoms. The van der Waals surface area contributed by atoms with E-state index < -0.39 is 27.0 Å². The molecule has 0 spiro atoms. The maximum atomic E-state index is 12.6. The maximum absolute atomic E-state index is 12.6. The van der Waals surface area contributed by atoms with Gasteiger partial charge in [0.2, 0.25) is 0 Å². The Kier molecular flexibility index (Phi) is 5.10. The van der Waals surface area contributed by atoms with E-state index in [9.17, 15) is 16.8 Å². The molecule has 0 atom stereocenters. The summed E-state index contributed by atoms with van der Waals surface area (Å²) in [5, 5.41) is 2.40. The van der Waals surface area contributed by atoms with Crippen molar-refractivity contribution >= 4 is 41.8 Å². The van der Waals surface area contributed by atoms with Crippen LogP contribution in [0.15, 0.2) is 94.7 Å². The van der Waals surface area contributed by atoms with Crippen molar-refractivity contribution in [2.24, 2.45) is 0 Å². The summed E-state index contributed by atoms with van der Waals surface area (Å²) in [4.78, 5) is -0.108. The molecule has 0 unspecified atom stereocenters. The Balaban J connectivity index is 1.57. The molecule has 29 heavy (non-hydrogen) atoms. The predicted molar refractivity (Wildman–Crippen MR) is 109 cm³/mol. The second-order valence-electron chi connectivity index (χ2n) is 6.22. The van der Waals surface area contributed by atoms with E-state index in [-0.39, 0.29) is 9.79 Å². The van der Waals surface area contributed by atoms with Gasteiger partial charge in [0.05, 0.1) is 0 Å².